The Hall–Kier alpha value is -1.66. The summed E-state index contributed by atoms with van der Waals surface area (Å²) in [6, 6.07) is 6.79. The number of thiocarbonyl (C=S) groups is 1. The van der Waals surface area contributed by atoms with E-state index in [4.69, 9.17) is 22.1 Å². The number of hydrogen-bond donors (Lipinski definition) is 3. The molecule has 0 saturated carbocycles. The van der Waals surface area contributed by atoms with E-state index in [1.54, 1.807) is 24.3 Å². The number of hydrogen-bond acceptors (Lipinski definition) is 4. The van der Waals surface area contributed by atoms with E-state index in [9.17, 15) is 4.79 Å². The predicted molar refractivity (Wildman–Crippen MR) is 95.8 cm³/mol. The summed E-state index contributed by atoms with van der Waals surface area (Å²) >= 11 is 5.07. The second kappa shape index (κ2) is 10.2. The highest BCUT2D eigenvalue weighted by Crippen LogP contribution is 2.13. The lowest BCUT2D eigenvalue weighted by molar-refractivity contribution is 0.0976. The minimum Gasteiger partial charge on any atom is -0.494 e. The highest BCUT2D eigenvalue weighted by atomic mass is 32.1. The smallest absolute Gasteiger partial charge is 0.257 e. The average molecular weight is 338 g/mol. The first-order valence-corrected chi connectivity index (χ1v) is 8.32. The normalized spacial score (nSPS) is 11.9. The zero-order chi connectivity index (χ0) is 17.2. The Labute approximate surface area is 143 Å². The Kier molecular flexibility index (Phi) is 8.58. The van der Waals surface area contributed by atoms with Gasteiger partial charge in [-0.2, -0.15) is 0 Å². The van der Waals surface area contributed by atoms with Crippen molar-refractivity contribution in [3.8, 4) is 5.75 Å². The molecule has 1 rings (SSSR count). The van der Waals surface area contributed by atoms with E-state index in [1.165, 1.54) is 0 Å². The number of aliphatic hydroxyl groups excluding tert-OH is 1. The summed E-state index contributed by atoms with van der Waals surface area (Å²) in [6.07, 6.45) is 1.71. The van der Waals surface area contributed by atoms with Crippen LogP contribution in [-0.2, 0) is 0 Å². The van der Waals surface area contributed by atoms with E-state index in [0.717, 1.165) is 18.6 Å². The molecular formula is C17H26N2O3S. The summed E-state index contributed by atoms with van der Waals surface area (Å²) in [4.78, 5) is 12.1. The summed E-state index contributed by atoms with van der Waals surface area (Å²) in [6.45, 7) is 6.85. The minimum absolute atomic E-state index is 0.0328. The van der Waals surface area contributed by atoms with E-state index in [0.29, 0.717) is 18.1 Å². The highest BCUT2D eigenvalue weighted by Gasteiger charge is 2.11. The quantitative estimate of drug-likeness (QED) is 0.635. The second-order valence-corrected chi connectivity index (χ2v) is 6.18. The molecule has 0 bridgehead atoms. The number of benzene rings is 1. The minimum atomic E-state index is -0.288. The van der Waals surface area contributed by atoms with Crippen LogP contribution in [0.5, 0.6) is 5.75 Å². The van der Waals surface area contributed by atoms with Crippen LogP contribution < -0.4 is 15.4 Å². The van der Waals surface area contributed by atoms with Gasteiger partial charge < -0.3 is 15.2 Å². The summed E-state index contributed by atoms with van der Waals surface area (Å²) in [5, 5.41) is 14.8. The highest BCUT2D eigenvalue weighted by molar-refractivity contribution is 7.80. The van der Waals surface area contributed by atoms with E-state index in [-0.39, 0.29) is 23.7 Å². The Morgan fingerprint density at radius 1 is 1.30 bits per heavy atom. The first kappa shape index (κ1) is 19.4. The number of rotatable bonds is 8. The molecule has 3 N–H and O–H groups in total. The molecule has 1 atom stereocenters. The summed E-state index contributed by atoms with van der Waals surface area (Å²) in [7, 11) is 0. The van der Waals surface area contributed by atoms with E-state index < -0.39 is 0 Å². The van der Waals surface area contributed by atoms with Crippen LogP contribution in [0.4, 0.5) is 0 Å². The van der Waals surface area contributed by atoms with Gasteiger partial charge in [0.15, 0.2) is 5.11 Å². The number of nitrogens with one attached hydrogen (secondary N) is 2. The van der Waals surface area contributed by atoms with Crippen molar-refractivity contribution in [1.82, 2.24) is 10.6 Å². The Morgan fingerprint density at radius 2 is 1.96 bits per heavy atom. The maximum Gasteiger partial charge on any atom is 0.257 e. The van der Waals surface area contributed by atoms with Crippen LogP contribution in [0.2, 0.25) is 0 Å². The first-order chi connectivity index (χ1) is 11.0. The molecule has 1 aromatic rings. The molecule has 0 aliphatic heterocycles. The van der Waals surface area contributed by atoms with Crippen molar-refractivity contribution in [1.29, 1.82) is 0 Å². The van der Waals surface area contributed by atoms with Gasteiger partial charge in [-0.3, -0.25) is 10.1 Å². The lowest BCUT2D eigenvalue weighted by Gasteiger charge is -2.16. The van der Waals surface area contributed by atoms with E-state index >= 15 is 0 Å². The Bertz CT molecular complexity index is 499. The van der Waals surface area contributed by atoms with Crippen molar-refractivity contribution in [2.45, 2.75) is 39.7 Å². The van der Waals surface area contributed by atoms with Crippen LogP contribution in [0.25, 0.3) is 0 Å². The number of aliphatic hydroxyl groups is 1. The van der Waals surface area contributed by atoms with Crippen LogP contribution >= 0.6 is 12.2 Å². The fourth-order valence-electron chi connectivity index (χ4n) is 1.79. The molecule has 5 nitrogen and oxygen atoms in total. The molecule has 0 heterocycles. The molecule has 128 valence electrons. The maximum atomic E-state index is 12.1. The van der Waals surface area contributed by atoms with Gasteiger partial charge in [0.2, 0.25) is 0 Å². The third-order valence-corrected chi connectivity index (χ3v) is 3.58. The number of carbonyl (C=O) groups is 1. The van der Waals surface area contributed by atoms with Gasteiger partial charge in [-0.1, -0.05) is 20.8 Å². The monoisotopic (exact) mass is 338 g/mol. The lowest BCUT2D eigenvalue weighted by atomic mass is 10.1. The largest absolute Gasteiger partial charge is 0.494 e. The lowest BCUT2D eigenvalue weighted by Crippen LogP contribution is -2.45. The van der Waals surface area contributed by atoms with Gasteiger partial charge in [0.25, 0.3) is 5.91 Å². The molecule has 0 aliphatic rings. The van der Waals surface area contributed by atoms with Crippen molar-refractivity contribution in [2.24, 2.45) is 5.92 Å². The van der Waals surface area contributed by atoms with Gasteiger partial charge in [0.1, 0.15) is 5.75 Å². The number of carbonyl (C=O) groups excluding carboxylic acids is 1. The van der Waals surface area contributed by atoms with Crippen molar-refractivity contribution >= 4 is 23.2 Å². The third-order valence-electron chi connectivity index (χ3n) is 3.36. The van der Waals surface area contributed by atoms with Crippen LogP contribution in [0.1, 0.15) is 44.0 Å². The van der Waals surface area contributed by atoms with Crippen molar-refractivity contribution in [2.75, 3.05) is 13.2 Å². The topological polar surface area (TPSA) is 70.6 Å². The SMILES string of the molecule is CCC(CO)NC(=S)NC(=O)c1ccc(OCCC(C)C)cc1. The van der Waals surface area contributed by atoms with Crippen molar-refractivity contribution in [3.63, 3.8) is 0 Å². The predicted octanol–water partition coefficient (Wildman–Crippen LogP) is 2.49. The van der Waals surface area contributed by atoms with Gasteiger partial charge in [-0.15, -0.1) is 0 Å². The zero-order valence-corrected chi connectivity index (χ0v) is 14.8. The van der Waals surface area contributed by atoms with Gasteiger partial charge in [-0.05, 0) is 55.2 Å². The van der Waals surface area contributed by atoms with Gasteiger partial charge in [-0.25, -0.2) is 0 Å². The van der Waals surface area contributed by atoms with Gasteiger partial charge in [0, 0.05) is 5.56 Å². The molecule has 6 heteroatoms. The number of ether oxygens (including phenoxy) is 1. The fraction of sp³-hybridized carbons (Fsp3) is 0.529. The van der Waals surface area contributed by atoms with Gasteiger partial charge in [0.05, 0.1) is 19.3 Å². The summed E-state index contributed by atoms with van der Waals surface area (Å²) < 4.78 is 5.62. The molecule has 0 spiro atoms. The van der Waals surface area contributed by atoms with Crippen molar-refractivity contribution < 1.29 is 14.6 Å². The standard InChI is InChI=1S/C17H26N2O3S/c1-4-14(11-20)18-17(23)19-16(21)13-5-7-15(8-6-13)22-10-9-12(2)3/h5-8,12,14,20H,4,9-11H2,1-3H3,(H2,18,19,21,23). The molecule has 1 unspecified atom stereocenters. The molecule has 0 saturated heterocycles. The van der Waals surface area contributed by atoms with Crippen LogP contribution in [0.15, 0.2) is 24.3 Å². The van der Waals surface area contributed by atoms with Crippen LogP contribution in [0, 0.1) is 5.92 Å². The molecule has 0 radical (unpaired) electrons. The molecule has 23 heavy (non-hydrogen) atoms. The molecule has 1 aromatic carbocycles. The fourth-order valence-corrected chi connectivity index (χ4v) is 2.05. The zero-order valence-electron chi connectivity index (χ0n) is 14.0. The van der Waals surface area contributed by atoms with Crippen LogP contribution in [-0.4, -0.2) is 35.4 Å². The first-order valence-electron chi connectivity index (χ1n) is 7.91. The van der Waals surface area contributed by atoms with Gasteiger partial charge >= 0.3 is 0 Å². The van der Waals surface area contributed by atoms with Crippen LogP contribution in [0.3, 0.4) is 0 Å². The summed E-state index contributed by atoms with van der Waals surface area (Å²) in [5.74, 6) is 1.05. The summed E-state index contributed by atoms with van der Waals surface area (Å²) in [5.41, 5.74) is 0.502. The molecule has 0 fully saturated rings. The van der Waals surface area contributed by atoms with E-state index in [1.807, 2.05) is 6.92 Å². The van der Waals surface area contributed by atoms with Crippen molar-refractivity contribution in [3.05, 3.63) is 29.8 Å². The maximum absolute atomic E-state index is 12.1. The molecule has 0 aliphatic carbocycles. The van der Waals surface area contributed by atoms with E-state index in [2.05, 4.69) is 24.5 Å². The molecular weight excluding hydrogens is 312 g/mol. The second-order valence-electron chi connectivity index (χ2n) is 5.77. The third kappa shape index (κ3) is 7.43. The molecule has 0 aromatic heterocycles. The Balaban J connectivity index is 2.49. The average Bonchev–Trinajstić information content (AvgIpc) is 2.52. The Morgan fingerprint density at radius 3 is 2.48 bits per heavy atom. The molecule has 1 amide bonds. The number of amides is 1.